The van der Waals surface area contributed by atoms with Crippen LogP contribution in [0.2, 0.25) is 0 Å². The fourth-order valence-corrected chi connectivity index (χ4v) is 2.04. The third-order valence-electron chi connectivity index (χ3n) is 3.26. The van der Waals surface area contributed by atoms with Gasteiger partial charge in [-0.2, -0.15) is 0 Å². The van der Waals surface area contributed by atoms with E-state index in [0.717, 1.165) is 24.5 Å². The summed E-state index contributed by atoms with van der Waals surface area (Å²) in [5.41, 5.74) is 2.76. The smallest absolute Gasteiger partial charge is 0.0853 e. The van der Waals surface area contributed by atoms with Crippen LogP contribution in [0.15, 0.2) is 46.4 Å². The van der Waals surface area contributed by atoms with Gasteiger partial charge in [-0.05, 0) is 24.3 Å². The van der Waals surface area contributed by atoms with E-state index in [1.54, 1.807) is 24.6 Å². The highest BCUT2D eigenvalue weighted by Gasteiger charge is 1.94. The summed E-state index contributed by atoms with van der Waals surface area (Å²) in [6.45, 7) is 2.67. The normalized spacial score (nSPS) is 11.6. The summed E-state index contributed by atoms with van der Waals surface area (Å²) in [6, 6.07) is 10.9. The molecular weight excluding hydrogens is 318 g/mol. The van der Waals surface area contributed by atoms with E-state index in [4.69, 9.17) is 10.2 Å². The maximum absolute atomic E-state index is 9.03. The molecule has 0 amide bonds. The number of rotatable bonds is 10. The Kier molecular flexibility index (Phi) is 8.40. The van der Waals surface area contributed by atoms with Crippen LogP contribution in [0, 0.1) is 0 Å². The quantitative estimate of drug-likeness (QED) is 0.433. The van der Waals surface area contributed by atoms with E-state index in [0.29, 0.717) is 24.5 Å². The van der Waals surface area contributed by atoms with Gasteiger partial charge in [0.05, 0.1) is 49.1 Å². The molecule has 0 spiro atoms. The Hall–Kier alpha value is -2.48. The zero-order valence-electron chi connectivity index (χ0n) is 14.0. The standard InChI is InChI=1S/C18H23N5O2/c24-13-17-5-1-3-15(22-17)11-20-9-7-19-8-10-21-12-16-4-2-6-18(14-25)23-16/h1-6,11-12,19,24-25H,7-10,13-14H2. The molecule has 0 unspecified atom stereocenters. The predicted molar refractivity (Wildman–Crippen MR) is 98.1 cm³/mol. The molecule has 0 aromatic carbocycles. The molecule has 0 saturated heterocycles. The molecular formula is C18H23N5O2. The molecule has 2 aromatic rings. The lowest BCUT2D eigenvalue weighted by Gasteiger charge is -2.00. The number of aliphatic imine (C=N–C) groups is 2. The van der Waals surface area contributed by atoms with Crippen molar-refractivity contribution < 1.29 is 10.2 Å². The summed E-state index contributed by atoms with van der Waals surface area (Å²) in [6.07, 6.45) is 3.41. The van der Waals surface area contributed by atoms with E-state index in [-0.39, 0.29) is 13.2 Å². The van der Waals surface area contributed by atoms with Crippen molar-refractivity contribution in [3.63, 3.8) is 0 Å². The third kappa shape index (κ3) is 7.30. The third-order valence-corrected chi connectivity index (χ3v) is 3.26. The zero-order chi connectivity index (χ0) is 17.7. The fraction of sp³-hybridized carbons (Fsp3) is 0.333. The molecule has 0 radical (unpaired) electrons. The van der Waals surface area contributed by atoms with E-state index in [9.17, 15) is 0 Å². The zero-order valence-corrected chi connectivity index (χ0v) is 14.0. The van der Waals surface area contributed by atoms with Crippen LogP contribution in [-0.2, 0) is 13.2 Å². The highest BCUT2D eigenvalue weighted by atomic mass is 16.3. The maximum atomic E-state index is 9.03. The molecule has 0 aliphatic carbocycles. The van der Waals surface area contributed by atoms with Crippen molar-refractivity contribution in [2.75, 3.05) is 26.2 Å². The second-order valence-corrected chi connectivity index (χ2v) is 5.24. The second kappa shape index (κ2) is 11.1. The van der Waals surface area contributed by atoms with Gasteiger partial charge in [0.25, 0.3) is 0 Å². The molecule has 0 aliphatic rings. The van der Waals surface area contributed by atoms with Crippen LogP contribution < -0.4 is 5.32 Å². The molecule has 2 aromatic heterocycles. The van der Waals surface area contributed by atoms with Gasteiger partial charge in [-0.15, -0.1) is 0 Å². The van der Waals surface area contributed by atoms with Crippen LogP contribution in [0.25, 0.3) is 0 Å². The van der Waals surface area contributed by atoms with E-state index in [2.05, 4.69) is 25.3 Å². The first-order chi connectivity index (χ1) is 12.3. The van der Waals surface area contributed by atoms with Gasteiger partial charge >= 0.3 is 0 Å². The van der Waals surface area contributed by atoms with Gasteiger partial charge in [0.1, 0.15) is 0 Å². The second-order valence-electron chi connectivity index (χ2n) is 5.24. The van der Waals surface area contributed by atoms with Crippen LogP contribution in [0.4, 0.5) is 0 Å². The molecule has 2 rings (SSSR count). The lowest BCUT2D eigenvalue weighted by molar-refractivity contribution is 0.276. The lowest BCUT2D eigenvalue weighted by atomic mass is 10.3. The Labute approximate surface area is 147 Å². The Balaban J connectivity index is 1.60. The summed E-state index contributed by atoms with van der Waals surface area (Å²) in [5, 5.41) is 21.3. The Morgan fingerprint density at radius 3 is 1.72 bits per heavy atom. The number of hydrogen-bond acceptors (Lipinski definition) is 7. The minimum absolute atomic E-state index is 0.0659. The molecule has 3 N–H and O–H groups in total. The number of aliphatic hydroxyl groups is 2. The first-order valence-corrected chi connectivity index (χ1v) is 8.16. The molecule has 25 heavy (non-hydrogen) atoms. The molecule has 0 aliphatic heterocycles. The first kappa shape index (κ1) is 18.9. The topological polar surface area (TPSA) is 103 Å². The largest absolute Gasteiger partial charge is 0.390 e. The Morgan fingerprint density at radius 1 is 0.800 bits per heavy atom. The number of hydrogen-bond donors (Lipinski definition) is 3. The van der Waals surface area contributed by atoms with Gasteiger partial charge in [-0.25, -0.2) is 9.97 Å². The number of aliphatic hydroxyl groups excluding tert-OH is 2. The van der Waals surface area contributed by atoms with Crippen molar-refractivity contribution in [1.29, 1.82) is 0 Å². The first-order valence-electron chi connectivity index (χ1n) is 8.16. The maximum Gasteiger partial charge on any atom is 0.0853 e. The minimum Gasteiger partial charge on any atom is -0.390 e. The fourth-order valence-electron chi connectivity index (χ4n) is 2.04. The van der Waals surface area contributed by atoms with Crippen molar-refractivity contribution in [3.8, 4) is 0 Å². The minimum atomic E-state index is -0.0659. The average Bonchev–Trinajstić information content (AvgIpc) is 2.67. The molecule has 2 heterocycles. The SMILES string of the molecule is OCc1cccc(C=NCCNCCN=Cc2cccc(CO)n2)n1. The van der Waals surface area contributed by atoms with Gasteiger partial charge < -0.3 is 15.5 Å². The van der Waals surface area contributed by atoms with Gasteiger partial charge in [0.2, 0.25) is 0 Å². The van der Waals surface area contributed by atoms with Crippen molar-refractivity contribution >= 4 is 12.4 Å². The van der Waals surface area contributed by atoms with Gasteiger partial charge in [-0.3, -0.25) is 9.98 Å². The van der Waals surface area contributed by atoms with Crippen LogP contribution >= 0.6 is 0 Å². The number of aromatic nitrogens is 2. The van der Waals surface area contributed by atoms with Crippen molar-refractivity contribution in [2.45, 2.75) is 13.2 Å². The van der Waals surface area contributed by atoms with Crippen LogP contribution in [0.5, 0.6) is 0 Å². The van der Waals surface area contributed by atoms with Gasteiger partial charge in [-0.1, -0.05) is 12.1 Å². The van der Waals surface area contributed by atoms with E-state index in [1.165, 1.54) is 0 Å². The molecule has 132 valence electrons. The summed E-state index contributed by atoms with van der Waals surface area (Å²) >= 11 is 0. The average molecular weight is 341 g/mol. The Bertz CT molecular complexity index is 644. The summed E-state index contributed by atoms with van der Waals surface area (Å²) in [5.74, 6) is 0. The highest BCUT2D eigenvalue weighted by Crippen LogP contribution is 1.97. The van der Waals surface area contributed by atoms with Crippen molar-refractivity contribution in [3.05, 3.63) is 59.2 Å². The molecule has 7 nitrogen and oxygen atoms in total. The van der Waals surface area contributed by atoms with Crippen molar-refractivity contribution in [2.24, 2.45) is 9.98 Å². The van der Waals surface area contributed by atoms with Crippen LogP contribution in [0.1, 0.15) is 22.8 Å². The highest BCUT2D eigenvalue weighted by molar-refractivity contribution is 5.77. The van der Waals surface area contributed by atoms with Gasteiger partial charge in [0.15, 0.2) is 0 Å². The van der Waals surface area contributed by atoms with Crippen LogP contribution in [-0.4, -0.2) is 58.8 Å². The molecule has 0 fully saturated rings. The molecule has 7 heteroatoms. The summed E-state index contributed by atoms with van der Waals surface area (Å²) in [4.78, 5) is 17.1. The molecule has 0 atom stereocenters. The molecule has 0 bridgehead atoms. The van der Waals surface area contributed by atoms with Crippen molar-refractivity contribution in [1.82, 2.24) is 15.3 Å². The van der Waals surface area contributed by atoms with E-state index >= 15 is 0 Å². The number of nitrogens with zero attached hydrogens (tertiary/aromatic N) is 4. The summed E-state index contributed by atoms with van der Waals surface area (Å²) < 4.78 is 0. The number of nitrogens with one attached hydrogen (secondary N) is 1. The summed E-state index contributed by atoms with van der Waals surface area (Å²) in [7, 11) is 0. The van der Waals surface area contributed by atoms with E-state index in [1.807, 2.05) is 24.3 Å². The molecule has 0 saturated carbocycles. The Morgan fingerprint density at radius 2 is 1.28 bits per heavy atom. The van der Waals surface area contributed by atoms with E-state index < -0.39 is 0 Å². The lowest BCUT2D eigenvalue weighted by Crippen LogP contribution is -2.21. The monoisotopic (exact) mass is 341 g/mol. The number of pyridine rings is 2. The van der Waals surface area contributed by atoms with Crippen LogP contribution in [0.3, 0.4) is 0 Å². The predicted octanol–water partition coefficient (Wildman–Crippen LogP) is 0.589. The van der Waals surface area contributed by atoms with Gasteiger partial charge in [0, 0.05) is 25.5 Å².